The van der Waals surface area contributed by atoms with E-state index in [4.69, 9.17) is 5.73 Å². The molecule has 1 saturated heterocycles. The van der Waals surface area contributed by atoms with E-state index in [1.54, 1.807) is 6.07 Å². The molecule has 18 heavy (non-hydrogen) atoms. The van der Waals surface area contributed by atoms with Gasteiger partial charge in [0.05, 0.1) is 0 Å². The summed E-state index contributed by atoms with van der Waals surface area (Å²) >= 11 is 0. The molecular formula is C14H22FN3. The van der Waals surface area contributed by atoms with Crippen LogP contribution in [0.1, 0.15) is 11.1 Å². The minimum absolute atomic E-state index is 0.132. The van der Waals surface area contributed by atoms with Crippen molar-refractivity contribution in [3.05, 3.63) is 35.1 Å². The Bertz CT molecular complexity index is 408. The van der Waals surface area contributed by atoms with E-state index in [1.165, 1.54) is 0 Å². The van der Waals surface area contributed by atoms with Gasteiger partial charge in [-0.15, -0.1) is 0 Å². The van der Waals surface area contributed by atoms with E-state index in [1.807, 2.05) is 19.1 Å². The van der Waals surface area contributed by atoms with Crippen LogP contribution in [0.15, 0.2) is 18.2 Å². The molecule has 0 aliphatic carbocycles. The second-order valence-electron chi connectivity index (χ2n) is 5.21. The van der Waals surface area contributed by atoms with Crippen LogP contribution in [0.4, 0.5) is 4.39 Å². The summed E-state index contributed by atoms with van der Waals surface area (Å²) in [4.78, 5) is 4.70. The molecule has 3 nitrogen and oxygen atoms in total. The molecule has 1 aromatic carbocycles. The van der Waals surface area contributed by atoms with Gasteiger partial charge in [0.25, 0.3) is 0 Å². The summed E-state index contributed by atoms with van der Waals surface area (Å²) in [5.74, 6) is -0.132. The fourth-order valence-corrected chi connectivity index (χ4v) is 2.52. The molecule has 0 radical (unpaired) electrons. The zero-order valence-electron chi connectivity index (χ0n) is 11.2. The third-order valence-corrected chi connectivity index (χ3v) is 3.69. The number of nitrogens with zero attached hydrogens (tertiary/aromatic N) is 2. The number of rotatable bonds is 3. The highest BCUT2D eigenvalue weighted by Gasteiger charge is 2.23. The van der Waals surface area contributed by atoms with Crippen LogP contribution in [-0.2, 0) is 6.54 Å². The van der Waals surface area contributed by atoms with Crippen LogP contribution in [-0.4, -0.2) is 49.1 Å². The predicted octanol–water partition coefficient (Wildman–Crippen LogP) is 1.21. The van der Waals surface area contributed by atoms with Crippen LogP contribution in [0, 0.1) is 12.7 Å². The Morgan fingerprint density at radius 1 is 1.39 bits per heavy atom. The van der Waals surface area contributed by atoms with E-state index in [2.05, 4.69) is 16.8 Å². The van der Waals surface area contributed by atoms with Gasteiger partial charge in [0.2, 0.25) is 0 Å². The monoisotopic (exact) mass is 251 g/mol. The molecule has 1 unspecified atom stereocenters. The highest BCUT2D eigenvalue weighted by molar-refractivity contribution is 5.24. The van der Waals surface area contributed by atoms with Crippen molar-refractivity contribution in [2.45, 2.75) is 19.5 Å². The molecule has 1 heterocycles. The van der Waals surface area contributed by atoms with Crippen molar-refractivity contribution in [3.63, 3.8) is 0 Å². The second kappa shape index (κ2) is 5.78. The van der Waals surface area contributed by atoms with Gasteiger partial charge >= 0.3 is 0 Å². The maximum Gasteiger partial charge on any atom is 0.126 e. The average molecular weight is 251 g/mol. The number of hydrogen-bond acceptors (Lipinski definition) is 3. The summed E-state index contributed by atoms with van der Waals surface area (Å²) in [7, 11) is 2.13. The number of hydrogen-bond donors (Lipinski definition) is 1. The van der Waals surface area contributed by atoms with Crippen molar-refractivity contribution in [2.75, 3.05) is 33.2 Å². The van der Waals surface area contributed by atoms with Gasteiger partial charge in [-0.3, -0.25) is 4.90 Å². The minimum Gasteiger partial charge on any atom is -0.329 e. The molecule has 1 fully saturated rings. The van der Waals surface area contributed by atoms with E-state index in [0.29, 0.717) is 18.2 Å². The topological polar surface area (TPSA) is 32.5 Å². The van der Waals surface area contributed by atoms with Gasteiger partial charge in [-0.25, -0.2) is 4.39 Å². The lowest BCUT2D eigenvalue weighted by molar-refractivity contribution is 0.0880. The zero-order valence-corrected chi connectivity index (χ0v) is 11.2. The van der Waals surface area contributed by atoms with Crippen LogP contribution >= 0.6 is 0 Å². The Labute approximate surface area is 108 Å². The van der Waals surface area contributed by atoms with Gasteiger partial charge in [-0.2, -0.15) is 0 Å². The van der Waals surface area contributed by atoms with E-state index in [9.17, 15) is 4.39 Å². The summed E-state index contributed by atoms with van der Waals surface area (Å²) < 4.78 is 13.2. The van der Waals surface area contributed by atoms with Crippen molar-refractivity contribution in [1.29, 1.82) is 0 Å². The first-order chi connectivity index (χ1) is 8.60. The zero-order chi connectivity index (χ0) is 13.1. The van der Waals surface area contributed by atoms with Gasteiger partial charge < -0.3 is 10.6 Å². The largest absolute Gasteiger partial charge is 0.329 e. The first-order valence-electron chi connectivity index (χ1n) is 6.48. The van der Waals surface area contributed by atoms with Gasteiger partial charge in [-0.05, 0) is 31.2 Å². The van der Waals surface area contributed by atoms with Gasteiger partial charge in [0.1, 0.15) is 5.82 Å². The standard InChI is InChI=1S/C14H22FN3/c1-11-7-12(3-4-14(11)15)9-18-6-5-17(2)10-13(18)8-16/h3-4,7,13H,5-6,8-10,16H2,1-2H3. The molecule has 0 bridgehead atoms. The van der Waals surface area contributed by atoms with Crippen LogP contribution in [0.5, 0.6) is 0 Å². The van der Waals surface area contributed by atoms with Crippen LogP contribution in [0.25, 0.3) is 0 Å². The number of halogens is 1. The van der Waals surface area contributed by atoms with Crippen LogP contribution in [0.3, 0.4) is 0 Å². The molecule has 4 heteroatoms. The van der Waals surface area contributed by atoms with Crippen molar-refractivity contribution in [3.8, 4) is 0 Å². The van der Waals surface area contributed by atoms with E-state index >= 15 is 0 Å². The Morgan fingerprint density at radius 3 is 2.83 bits per heavy atom. The molecule has 1 aliphatic heterocycles. The Kier molecular flexibility index (Phi) is 4.32. The highest BCUT2D eigenvalue weighted by atomic mass is 19.1. The molecule has 0 spiro atoms. The average Bonchev–Trinajstić information content (AvgIpc) is 2.36. The fourth-order valence-electron chi connectivity index (χ4n) is 2.52. The van der Waals surface area contributed by atoms with Crippen molar-refractivity contribution in [1.82, 2.24) is 9.80 Å². The number of aryl methyl sites for hydroxylation is 1. The molecule has 2 rings (SSSR count). The summed E-state index contributed by atoms with van der Waals surface area (Å²) in [5, 5.41) is 0. The first kappa shape index (κ1) is 13.5. The predicted molar refractivity (Wildman–Crippen MR) is 71.9 cm³/mol. The van der Waals surface area contributed by atoms with E-state index < -0.39 is 0 Å². The Morgan fingerprint density at radius 2 is 2.17 bits per heavy atom. The Hall–Kier alpha value is -0.970. The maximum atomic E-state index is 13.2. The van der Waals surface area contributed by atoms with Crippen LogP contribution in [0.2, 0.25) is 0 Å². The van der Waals surface area contributed by atoms with E-state index in [-0.39, 0.29) is 5.82 Å². The molecular weight excluding hydrogens is 229 g/mol. The lowest BCUT2D eigenvalue weighted by Gasteiger charge is -2.39. The number of likely N-dealkylation sites (N-methyl/N-ethyl adjacent to an activating group) is 1. The summed E-state index contributed by atoms with van der Waals surface area (Å²) in [5.41, 5.74) is 7.71. The maximum absolute atomic E-state index is 13.2. The number of nitrogens with two attached hydrogens (primary N) is 1. The molecule has 1 aliphatic rings. The van der Waals surface area contributed by atoms with E-state index in [0.717, 1.165) is 31.7 Å². The van der Waals surface area contributed by atoms with Crippen LogP contribution < -0.4 is 5.73 Å². The van der Waals surface area contributed by atoms with Crippen molar-refractivity contribution in [2.24, 2.45) is 5.73 Å². The van der Waals surface area contributed by atoms with Gasteiger partial charge in [0, 0.05) is 38.8 Å². The van der Waals surface area contributed by atoms with Crippen molar-refractivity contribution < 1.29 is 4.39 Å². The number of benzene rings is 1. The smallest absolute Gasteiger partial charge is 0.126 e. The second-order valence-corrected chi connectivity index (χ2v) is 5.21. The summed E-state index contributed by atoms with van der Waals surface area (Å²) in [6.07, 6.45) is 0. The SMILES string of the molecule is Cc1cc(CN2CCN(C)CC2CN)ccc1F. The molecule has 0 amide bonds. The molecule has 100 valence electrons. The lowest BCUT2D eigenvalue weighted by atomic mass is 10.1. The highest BCUT2D eigenvalue weighted by Crippen LogP contribution is 2.15. The van der Waals surface area contributed by atoms with Gasteiger partial charge in [-0.1, -0.05) is 12.1 Å². The quantitative estimate of drug-likeness (QED) is 0.876. The number of piperazine rings is 1. The molecule has 1 atom stereocenters. The normalized spacial score (nSPS) is 22.3. The molecule has 1 aromatic rings. The lowest BCUT2D eigenvalue weighted by Crippen LogP contribution is -2.54. The van der Waals surface area contributed by atoms with Gasteiger partial charge in [0.15, 0.2) is 0 Å². The minimum atomic E-state index is -0.132. The molecule has 2 N–H and O–H groups in total. The first-order valence-corrected chi connectivity index (χ1v) is 6.48. The third kappa shape index (κ3) is 3.07. The van der Waals surface area contributed by atoms with Crippen molar-refractivity contribution >= 4 is 0 Å². The third-order valence-electron chi connectivity index (χ3n) is 3.69. The Balaban J connectivity index is 2.05. The molecule has 0 saturated carbocycles. The summed E-state index contributed by atoms with van der Waals surface area (Å²) in [6.45, 7) is 6.44. The fraction of sp³-hybridized carbons (Fsp3) is 0.571. The summed E-state index contributed by atoms with van der Waals surface area (Å²) in [6, 6.07) is 5.75. The molecule has 0 aromatic heterocycles.